The molecule has 0 aliphatic rings. The highest BCUT2D eigenvalue weighted by molar-refractivity contribution is 5.93. The smallest absolute Gasteiger partial charge is 0.254 e. The summed E-state index contributed by atoms with van der Waals surface area (Å²) >= 11 is 0. The maximum Gasteiger partial charge on any atom is 0.254 e. The zero-order valence-electron chi connectivity index (χ0n) is 12.9. The molecule has 0 saturated carbocycles. The zero-order chi connectivity index (χ0) is 16.1. The van der Waals surface area contributed by atoms with Crippen LogP contribution >= 0.6 is 0 Å². The van der Waals surface area contributed by atoms with E-state index < -0.39 is 0 Å². The summed E-state index contributed by atoms with van der Waals surface area (Å²) in [5.41, 5.74) is 2.72. The molecular weight excluding hydrogens is 288 g/mol. The molecule has 1 unspecified atom stereocenters. The van der Waals surface area contributed by atoms with Gasteiger partial charge in [-0.15, -0.1) is 0 Å². The molecule has 1 atom stereocenters. The number of hydrogen-bond acceptors (Lipinski definition) is 3. The number of nitrogens with one attached hydrogen (secondary N) is 1. The molecule has 5 heteroatoms. The molecule has 116 valence electrons. The van der Waals surface area contributed by atoms with Gasteiger partial charge in [0.25, 0.3) is 5.91 Å². The second-order valence-corrected chi connectivity index (χ2v) is 5.39. The van der Waals surface area contributed by atoms with Crippen LogP contribution in [0.1, 0.15) is 34.5 Å². The average molecular weight is 306 g/mol. The Labute approximate surface area is 135 Å². The van der Waals surface area contributed by atoms with Crippen molar-refractivity contribution in [3.05, 3.63) is 83.9 Å². The van der Waals surface area contributed by atoms with Gasteiger partial charge in [-0.1, -0.05) is 30.3 Å². The molecule has 0 radical (unpaired) electrons. The van der Waals surface area contributed by atoms with Gasteiger partial charge in [-0.3, -0.25) is 14.5 Å². The first-order chi connectivity index (χ1) is 11.2. The lowest BCUT2D eigenvalue weighted by Crippen LogP contribution is -2.26. The maximum atomic E-state index is 12.3. The summed E-state index contributed by atoms with van der Waals surface area (Å²) in [4.78, 5) is 16.3. The average Bonchev–Trinajstić information content (AvgIpc) is 3.05. The molecular formula is C18H18N4O. The Morgan fingerprint density at radius 1 is 1.17 bits per heavy atom. The van der Waals surface area contributed by atoms with E-state index >= 15 is 0 Å². The number of aromatic nitrogens is 3. The van der Waals surface area contributed by atoms with Crippen LogP contribution < -0.4 is 5.32 Å². The first kappa shape index (κ1) is 15.0. The monoisotopic (exact) mass is 306 g/mol. The Kier molecular flexibility index (Phi) is 4.47. The third kappa shape index (κ3) is 3.83. The first-order valence-electron chi connectivity index (χ1n) is 7.49. The van der Waals surface area contributed by atoms with Crippen LogP contribution in [0.15, 0.2) is 67.3 Å². The number of hydrogen-bond donors (Lipinski definition) is 1. The number of nitrogens with zero attached hydrogens (tertiary/aromatic N) is 3. The Hall–Kier alpha value is -2.95. The molecule has 1 N–H and O–H groups in total. The molecule has 1 amide bonds. The summed E-state index contributed by atoms with van der Waals surface area (Å²) in [6, 6.07) is 13.7. The van der Waals surface area contributed by atoms with E-state index in [0.29, 0.717) is 12.1 Å². The van der Waals surface area contributed by atoms with Gasteiger partial charge < -0.3 is 5.32 Å². The largest absolute Gasteiger partial charge is 0.345 e. The van der Waals surface area contributed by atoms with Crippen molar-refractivity contribution in [2.24, 2.45) is 0 Å². The zero-order valence-corrected chi connectivity index (χ0v) is 12.9. The lowest BCUT2D eigenvalue weighted by molar-refractivity contribution is 0.0940. The highest BCUT2D eigenvalue weighted by Gasteiger charge is 2.13. The standard InChI is InChI=1S/C18H18N4O/c1-14(16-7-9-19-10-8-16)21-18(23)17-11-20-22(13-17)12-15-5-3-2-4-6-15/h2-11,13-14H,12H2,1H3,(H,21,23). The predicted molar refractivity (Wildman–Crippen MR) is 87.9 cm³/mol. The van der Waals surface area contributed by atoms with Gasteiger partial charge in [0, 0.05) is 18.6 Å². The second-order valence-electron chi connectivity index (χ2n) is 5.39. The van der Waals surface area contributed by atoms with Crippen molar-refractivity contribution >= 4 is 5.91 Å². The van der Waals surface area contributed by atoms with Gasteiger partial charge in [0.1, 0.15) is 0 Å². The highest BCUT2D eigenvalue weighted by atomic mass is 16.1. The van der Waals surface area contributed by atoms with Crippen LogP contribution in [0, 0.1) is 0 Å². The number of amides is 1. The third-order valence-electron chi connectivity index (χ3n) is 3.64. The number of benzene rings is 1. The Morgan fingerprint density at radius 3 is 2.65 bits per heavy atom. The normalized spacial score (nSPS) is 11.9. The summed E-state index contributed by atoms with van der Waals surface area (Å²) in [6.07, 6.45) is 6.80. The minimum Gasteiger partial charge on any atom is -0.345 e. The van der Waals surface area contributed by atoms with Crippen LogP contribution in [-0.4, -0.2) is 20.7 Å². The number of carbonyl (C=O) groups excluding carboxylic acids is 1. The highest BCUT2D eigenvalue weighted by Crippen LogP contribution is 2.11. The number of rotatable bonds is 5. The molecule has 3 rings (SSSR count). The van der Waals surface area contributed by atoms with Gasteiger partial charge in [0.05, 0.1) is 24.3 Å². The van der Waals surface area contributed by atoms with Crippen LogP contribution in [0.5, 0.6) is 0 Å². The van der Waals surface area contributed by atoms with Gasteiger partial charge in [0.2, 0.25) is 0 Å². The minimum absolute atomic E-state index is 0.0806. The van der Waals surface area contributed by atoms with E-state index in [2.05, 4.69) is 15.4 Å². The van der Waals surface area contributed by atoms with Crippen LogP contribution in [-0.2, 0) is 6.54 Å². The van der Waals surface area contributed by atoms with Gasteiger partial charge in [-0.25, -0.2) is 0 Å². The lowest BCUT2D eigenvalue weighted by atomic mass is 10.1. The molecule has 0 fully saturated rings. The summed E-state index contributed by atoms with van der Waals surface area (Å²) in [6.45, 7) is 2.59. The van der Waals surface area contributed by atoms with Gasteiger partial charge in [0.15, 0.2) is 0 Å². The molecule has 23 heavy (non-hydrogen) atoms. The third-order valence-corrected chi connectivity index (χ3v) is 3.64. The van der Waals surface area contributed by atoms with E-state index in [1.54, 1.807) is 29.5 Å². The van der Waals surface area contributed by atoms with Gasteiger partial charge >= 0.3 is 0 Å². The summed E-state index contributed by atoms with van der Waals surface area (Å²) in [7, 11) is 0. The van der Waals surface area contributed by atoms with Crippen molar-refractivity contribution < 1.29 is 4.79 Å². The SMILES string of the molecule is CC(NC(=O)c1cnn(Cc2ccccc2)c1)c1ccncc1. The number of pyridine rings is 1. The summed E-state index contributed by atoms with van der Waals surface area (Å²) in [5, 5.41) is 7.23. The molecule has 5 nitrogen and oxygen atoms in total. The second kappa shape index (κ2) is 6.87. The van der Waals surface area contributed by atoms with Crippen molar-refractivity contribution in [1.29, 1.82) is 0 Å². The molecule has 0 saturated heterocycles. The quantitative estimate of drug-likeness (QED) is 0.788. The van der Waals surface area contributed by atoms with Crippen LogP contribution in [0.25, 0.3) is 0 Å². The molecule has 0 aliphatic carbocycles. The molecule has 1 aromatic carbocycles. The van der Waals surface area contributed by atoms with Crippen molar-refractivity contribution in [3.8, 4) is 0 Å². The topological polar surface area (TPSA) is 59.8 Å². The Balaban J connectivity index is 1.64. The molecule has 3 aromatic rings. The maximum absolute atomic E-state index is 12.3. The van der Waals surface area contributed by atoms with E-state index in [1.807, 2.05) is 49.4 Å². The van der Waals surface area contributed by atoms with Crippen molar-refractivity contribution in [3.63, 3.8) is 0 Å². The Bertz CT molecular complexity index is 768. The molecule has 0 bridgehead atoms. The van der Waals surface area contributed by atoms with Crippen molar-refractivity contribution in [1.82, 2.24) is 20.1 Å². The fourth-order valence-electron chi connectivity index (χ4n) is 2.35. The van der Waals surface area contributed by atoms with E-state index in [0.717, 1.165) is 11.1 Å². The van der Waals surface area contributed by atoms with Crippen LogP contribution in [0.3, 0.4) is 0 Å². The summed E-state index contributed by atoms with van der Waals surface area (Å²) in [5.74, 6) is -0.131. The molecule has 2 aromatic heterocycles. The lowest BCUT2D eigenvalue weighted by Gasteiger charge is -2.13. The Morgan fingerprint density at radius 2 is 1.91 bits per heavy atom. The van der Waals surface area contributed by atoms with Gasteiger partial charge in [-0.05, 0) is 30.2 Å². The van der Waals surface area contributed by atoms with E-state index in [1.165, 1.54) is 0 Å². The van der Waals surface area contributed by atoms with E-state index in [9.17, 15) is 4.79 Å². The molecule has 2 heterocycles. The van der Waals surface area contributed by atoms with E-state index in [-0.39, 0.29) is 11.9 Å². The van der Waals surface area contributed by atoms with E-state index in [4.69, 9.17) is 0 Å². The summed E-state index contributed by atoms with van der Waals surface area (Å²) < 4.78 is 1.77. The fraction of sp³-hybridized carbons (Fsp3) is 0.167. The molecule has 0 spiro atoms. The molecule has 0 aliphatic heterocycles. The van der Waals surface area contributed by atoms with Crippen molar-refractivity contribution in [2.45, 2.75) is 19.5 Å². The minimum atomic E-state index is -0.131. The predicted octanol–water partition coefficient (Wildman–Crippen LogP) is 2.82. The first-order valence-corrected chi connectivity index (χ1v) is 7.49. The number of carbonyl (C=O) groups is 1. The van der Waals surface area contributed by atoms with Crippen LogP contribution in [0.2, 0.25) is 0 Å². The van der Waals surface area contributed by atoms with Crippen LogP contribution in [0.4, 0.5) is 0 Å². The fourth-order valence-corrected chi connectivity index (χ4v) is 2.35. The van der Waals surface area contributed by atoms with Crippen molar-refractivity contribution in [2.75, 3.05) is 0 Å². The van der Waals surface area contributed by atoms with Gasteiger partial charge in [-0.2, -0.15) is 5.10 Å².